The molecule has 0 aliphatic heterocycles. The largest absolute Gasteiger partial charge is 0.399 e. The Kier molecular flexibility index (Phi) is 2.78. The number of hydrogen-bond acceptors (Lipinski definition) is 2. The Hall–Kier alpha value is -2.23. The molecule has 2 aromatic heterocycles. The van der Waals surface area contributed by atoms with E-state index in [1.165, 1.54) is 16.6 Å². The summed E-state index contributed by atoms with van der Waals surface area (Å²) in [4.78, 5) is 0. The van der Waals surface area contributed by atoms with Gasteiger partial charge in [0, 0.05) is 29.8 Å². The van der Waals surface area contributed by atoms with Crippen LogP contribution in [0.5, 0.6) is 0 Å². The highest BCUT2D eigenvalue weighted by Crippen LogP contribution is 2.20. The third kappa shape index (κ3) is 2.10. The SMILES string of the molecule is CCc1cc(Cn2ccc3cc(N)ccc32)n(C)n1. The Labute approximate surface area is 112 Å². The van der Waals surface area contributed by atoms with Crippen LogP contribution in [-0.4, -0.2) is 14.3 Å². The van der Waals surface area contributed by atoms with Crippen LogP contribution in [0, 0.1) is 0 Å². The molecular formula is C15H18N4. The molecule has 0 amide bonds. The maximum absolute atomic E-state index is 5.81. The Morgan fingerprint density at radius 1 is 1.21 bits per heavy atom. The van der Waals surface area contributed by atoms with E-state index in [1.54, 1.807) is 0 Å². The molecule has 1 aromatic carbocycles. The molecule has 0 aliphatic carbocycles. The number of fused-ring (bicyclic) bond motifs is 1. The number of rotatable bonds is 3. The summed E-state index contributed by atoms with van der Waals surface area (Å²) in [7, 11) is 2.00. The van der Waals surface area contributed by atoms with E-state index in [2.05, 4.69) is 41.0 Å². The van der Waals surface area contributed by atoms with Gasteiger partial charge in [-0.2, -0.15) is 5.10 Å². The highest BCUT2D eigenvalue weighted by atomic mass is 15.3. The van der Waals surface area contributed by atoms with Crippen LogP contribution in [0.25, 0.3) is 10.9 Å². The Bertz CT molecular complexity index is 721. The van der Waals surface area contributed by atoms with E-state index in [0.717, 1.165) is 24.3 Å². The third-order valence-electron chi connectivity index (χ3n) is 3.52. The van der Waals surface area contributed by atoms with Crippen LogP contribution >= 0.6 is 0 Å². The number of benzene rings is 1. The Balaban J connectivity index is 1.98. The molecule has 98 valence electrons. The van der Waals surface area contributed by atoms with Gasteiger partial charge in [0.05, 0.1) is 17.9 Å². The molecule has 0 radical (unpaired) electrons. The van der Waals surface area contributed by atoms with Crippen LogP contribution in [0.4, 0.5) is 5.69 Å². The van der Waals surface area contributed by atoms with Crippen molar-refractivity contribution in [2.75, 3.05) is 5.73 Å². The average molecular weight is 254 g/mol. The molecule has 19 heavy (non-hydrogen) atoms. The molecule has 4 heteroatoms. The van der Waals surface area contributed by atoms with Gasteiger partial charge in [-0.1, -0.05) is 6.92 Å². The summed E-state index contributed by atoms with van der Waals surface area (Å²) in [6.45, 7) is 2.96. The molecular weight excluding hydrogens is 236 g/mol. The second-order valence-corrected chi connectivity index (χ2v) is 4.87. The first-order valence-corrected chi connectivity index (χ1v) is 6.53. The maximum Gasteiger partial charge on any atom is 0.0645 e. The molecule has 2 heterocycles. The van der Waals surface area contributed by atoms with Crippen molar-refractivity contribution in [3.63, 3.8) is 0 Å². The summed E-state index contributed by atoms with van der Waals surface area (Å²) in [5, 5.41) is 5.67. The molecule has 0 unspecified atom stereocenters. The first-order valence-electron chi connectivity index (χ1n) is 6.53. The number of aromatic nitrogens is 3. The van der Waals surface area contributed by atoms with Crippen molar-refractivity contribution in [2.24, 2.45) is 7.05 Å². The number of nitrogen functional groups attached to an aromatic ring is 1. The van der Waals surface area contributed by atoms with Gasteiger partial charge in [-0.25, -0.2) is 0 Å². The smallest absolute Gasteiger partial charge is 0.0645 e. The van der Waals surface area contributed by atoms with Gasteiger partial charge < -0.3 is 10.3 Å². The first-order chi connectivity index (χ1) is 9.17. The fourth-order valence-corrected chi connectivity index (χ4v) is 2.42. The predicted octanol–water partition coefficient (Wildman–Crippen LogP) is 2.57. The zero-order valence-electron chi connectivity index (χ0n) is 11.3. The molecule has 0 aliphatic rings. The number of anilines is 1. The predicted molar refractivity (Wildman–Crippen MR) is 78.0 cm³/mol. The summed E-state index contributed by atoms with van der Waals surface area (Å²) < 4.78 is 4.19. The minimum Gasteiger partial charge on any atom is -0.399 e. The van der Waals surface area contributed by atoms with Gasteiger partial charge in [0.25, 0.3) is 0 Å². The first kappa shape index (κ1) is 11.8. The summed E-state index contributed by atoms with van der Waals surface area (Å²) in [6.07, 6.45) is 3.07. The lowest BCUT2D eigenvalue weighted by Gasteiger charge is -2.06. The van der Waals surface area contributed by atoms with Crippen LogP contribution in [0.2, 0.25) is 0 Å². The van der Waals surface area contributed by atoms with E-state index in [4.69, 9.17) is 5.73 Å². The van der Waals surface area contributed by atoms with E-state index >= 15 is 0 Å². The maximum atomic E-state index is 5.81. The van der Waals surface area contributed by atoms with Crippen molar-refractivity contribution in [3.05, 3.63) is 47.9 Å². The lowest BCUT2D eigenvalue weighted by molar-refractivity contribution is 0.669. The van der Waals surface area contributed by atoms with Crippen molar-refractivity contribution < 1.29 is 0 Å². The van der Waals surface area contributed by atoms with Gasteiger partial charge in [0.2, 0.25) is 0 Å². The average Bonchev–Trinajstić information content (AvgIpc) is 2.94. The van der Waals surface area contributed by atoms with Crippen LogP contribution in [0.15, 0.2) is 36.5 Å². The van der Waals surface area contributed by atoms with Crippen molar-refractivity contribution in [3.8, 4) is 0 Å². The monoisotopic (exact) mass is 254 g/mol. The van der Waals surface area contributed by atoms with Crippen LogP contribution in [0.3, 0.4) is 0 Å². The Morgan fingerprint density at radius 3 is 2.79 bits per heavy atom. The van der Waals surface area contributed by atoms with Gasteiger partial charge in [-0.15, -0.1) is 0 Å². The van der Waals surface area contributed by atoms with Crippen LogP contribution in [-0.2, 0) is 20.0 Å². The molecule has 3 rings (SSSR count). The Morgan fingerprint density at radius 2 is 2.05 bits per heavy atom. The fourth-order valence-electron chi connectivity index (χ4n) is 2.42. The zero-order valence-corrected chi connectivity index (χ0v) is 11.3. The topological polar surface area (TPSA) is 48.8 Å². The highest BCUT2D eigenvalue weighted by Gasteiger charge is 2.07. The van der Waals surface area contributed by atoms with Gasteiger partial charge in [0.15, 0.2) is 0 Å². The summed E-state index contributed by atoms with van der Waals surface area (Å²) >= 11 is 0. The molecule has 3 aromatic rings. The number of nitrogens with zero attached hydrogens (tertiary/aromatic N) is 3. The molecule has 0 fully saturated rings. The van der Waals surface area contributed by atoms with E-state index in [1.807, 2.05) is 23.9 Å². The molecule has 0 saturated heterocycles. The third-order valence-corrected chi connectivity index (χ3v) is 3.52. The van der Waals surface area contributed by atoms with Gasteiger partial charge in [-0.05, 0) is 36.8 Å². The quantitative estimate of drug-likeness (QED) is 0.730. The minimum absolute atomic E-state index is 0.805. The molecule has 0 atom stereocenters. The number of hydrogen-bond donors (Lipinski definition) is 1. The summed E-state index contributed by atoms with van der Waals surface area (Å²) in [5.74, 6) is 0. The second kappa shape index (κ2) is 4.46. The fraction of sp³-hybridized carbons (Fsp3) is 0.267. The van der Waals surface area contributed by atoms with Crippen LogP contribution in [0.1, 0.15) is 18.3 Å². The van der Waals surface area contributed by atoms with Gasteiger partial charge in [0.1, 0.15) is 0 Å². The van der Waals surface area contributed by atoms with Gasteiger partial charge >= 0.3 is 0 Å². The summed E-state index contributed by atoms with van der Waals surface area (Å²) in [5.41, 5.74) is 10.2. The minimum atomic E-state index is 0.805. The normalized spacial score (nSPS) is 11.3. The van der Waals surface area contributed by atoms with Crippen molar-refractivity contribution in [1.29, 1.82) is 0 Å². The van der Waals surface area contributed by atoms with Crippen molar-refractivity contribution in [2.45, 2.75) is 19.9 Å². The van der Waals surface area contributed by atoms with Crippen molar-refractivity contribution >= 4 is 16.6 Å². The molecule has 2 N–H and O–H groups in total. The van der Waals surface area contributed by atoms with Crippen molar-refractivity contribution in [1.82, 2.24) is 14.3 Å². The molecule has 0 bridgehead atoms. The molecule has 4 nitrogen and oxygen atoms in total. The lowest BCUT2D eigenvalue weighted by Crippen LogP contribution is -2.04. The lowest BCUT2D eigenvalue weighted by atomic mass is 10.2. The summed E-state index contributed by atoms with van der Waals surface area (Å²) in [6, 6.07) is 10.3. The van der Waals surface area contributed by atoms with E-state index in [9.17, 15) is 0 Å². The van der Waals surface area contributed by atoms with E-state index in [0.29, 0.717) is 0 Å². The van der Waals surface area contributed by atoms with Crippen LogP contribution < -0.4 is 5.73 Å². The molecule has 0 spiro atoms. The van der Waals surface area contributed by atoms with E-state index in [-0.39, 0.29) is 0 Å². The van der Waals surface area contributed by atoms with Gasteiger partial charge in [-0.3, -0.25) is 4.68 Å². The number of nitrogens with two attached hydrogens (primary N) is 1. The highest BCUT2D eigenvalue weighted by molar-refractivity contribution is 5.83. The molecule has 0 saturated carbocycles. The second-order valence-electron chi connectivity index (χ2n) is 4.87. The zero-order chi connectivity index (χ0) is 13.4. The standard InChI is InChI=1S/C15H18N4/c1-3-13-9-14(18(2)17-13)10-19-7-6-11-8-12(16)4-5-15(11)19/h4-9H,3,10,16H2,1-2H3. The van der Waals surface area contributed by atoms with E-state index < -0.39 is 0 Å². The number of aryl methyl sites for hydroxylation is 2.